The molecule has 0 saturated heterocycles. The molecular formula is C12H16N2. The Bertz CT molecular complexity index is 435. The predicted molar refractivity (Wildman–Crippen MR) is 61.2 cm³/mol. The van der Waals surface area contributed by atoms with Crippen molar-refractivity contribution in [1.82, 2.24) is 9.78 Å². The summed E-state index contributed by atoms with van der Waals surface area (Å²) in [7, 11) is 0. The van der Waals surface area contributed by atoms with Gasteiger partial charge in [0.05, 0.1) is 11.5 Å². The first-order valence-electron chi connectivity index (χ1n) is 4.69. The van der Waals surface area contributed by atoms with Crippen LogP contribution in [0.4, 0.5) is 0 Å². The van der Waals surface area contributed by atoms with Gasteiger partial charge in [-0.1, -0.05) is 31.4 Å². The van der Waals surface area contributed by atoms with Crippen LogP contribution in [0.5, 0.6) is 0 Å². The third kappa shape index (κ3) is 2.02. The summed E-state index contributed by atoms with van der Waals surface area (Å²) >= 11 is 0. The summed E-state index contributed by atoms with van der Waals surface area (Å²) in [5.41, 5.74) is 0. The van der Waals surface area contributed by atoms with Gasteiger partial charge in [-0.05, 0) is 19.9 Å². The number of rotatable bonds is 3. The van der Waals surface area contributed by atoms with Crippen molar-refractivity contribution in [2.45, 2.75) is 19.9 Å². The molecule has 0 atom stereocenters. The fourth-order valence-corrected chi connectivity index (χ4v) is 1.34. The quantitative estimate of drug-likeness (QED) is 0.701. The molecule has 74 valence electrons. The topological polar surface area (TPSA) is 17.8 Å². The maximum atomic E-state index is 4.31. The molecule has 0 bridgehead atoms. The van der Waals surface area contributed by atoms with Crippen LogP contribution in [0.3, 0.4) is 0 Å². The van der Waals surface area contributed by atoms with E-state index in [1.54, 1.807) is 12.2 Å². The molecule has 14 heavy (non-hydrogen) atoms. The van der Waals surface area contributed by atoms with Gasteiger partial charge in [-0.15, -0.1) is 0 Å². The van der Waals surface area contributed by atoms with E-state index in [0.717, 1.165) is 10.6 Å². The zero-order chi connectivity index (χ0) is 10.6. The molecule has 0 aliphatic rings. The van der Waals surface area contributed by atoms with Crippen molar-refractivity contribution in [1.29, 1.82) is 0 Å². The zero-order valence-corrected chi connectivity index (χ0v) is 8.77. The molecule has 0 N–H and O–H groups in total. The molecule has 0 aliphatic heterocycles. The molecule has 0 saturated carbocycles. The third-order valence-corrected chi connectivity index (χ3v) is 1.93. The molecule has 0 aromatic carbocycles. The average Bonchev–Trinajstić information content (AvgIpc) is 2.50. The second kappa shape index (κ2) is 4.61. The van der Waals surface area contributed by atoms with Crippen LogP contribution in [0.1, 0.15) is 19.9 Å². The second-order valence-electron chi connectivity index (χ2n) is 3.33. The molecule has 0 fully saturated rings. The van der Waals surface area contributed by atoms with Crippen molar-refractivity contribution in [2.75, 3.05) is 0 Å². The second-order valence-corrected chi connectivity index (χ2v) is 3.33. The fourth-order valence-electron chi connectivity index (χ4n) is 1.34. The summed E-state index contributed by atoms with van der Waals surface area (Å²) in [6.07, 6.45) is 9.29. The molecule has 1 aromatic heterocycles. The molecule has 0 spiro atoms. The first-order chi connectivity index (χ1) is 6.70. The van der Waals surface area contributed by atoms with Crippen molar-refractivity contribution >= 4 is 12.2 Å². The smallest absolute Gasteiger partial charge is 0.0685 e. The van der Waals surface area contributed by atoms with Gasteiger partial charge < -0.3 is 0 Å². The lowest BCUT2D eigenvalue weighted by Gasteiger charge is -2.04. The van der Waals surface area contributed by atoms with E-state index < -0.39 is 0 Å². The largest absolute Gasteiger partial charge is 0.262 e. The molecule has 2 heteroatoms. The molecule has 0 unspecified atom stereocenters. The van der Waals surface area contributed by atoms with Crippen LogP contribution < -0.4 is 10.6 Å². The molecule has 1 aromatic rings. The Hall–Kier alpha value is -1.57. The first-order valence-corrected chi connectivity index (χ1v) is 4.69. The molecule has 0 aliphatic carbocycles. The highest BCUT2D eigenvalue weighted by Gasteiger charge is 1.99. The van der Waals surface area contributed by atoms with Gasteiger partial charge in [0.1, 0.15) is 0 Å². The molecule has 1 heterocycles. The van der Waals surface area contributed by atoms with Gasteiger partial charge >= 0.3 is 0 Å². The van der Waals surface area contributed by atoms with E-state index in [1.807, 2.05) is 23.0 Å². The van der Waals surface area contributed by atoms with Gasteiger partial charge in [0.15, 0.2) is 0 Å². The predicted octanol–water partition coefficient (Wildman–Crippen LogP) is 1.40. The van der Waals surface area contributed by atoms with Crippen LogP contribution in [-0.4, -0.2) is 9.78 Å². The Kier molecular flexibility index (Phi) is 3.46. The molecule has 0 amide bonds. The van der Waals surface area contributed by atoms with Crippen molar-refractivity contribution in [2.24, 2.45) is 0 Å². The van der Waals surface area contributed by atoms with E-state index >= 15 is 0 Å². The van der Waals surface area contributed by atoms with E-state index in [4.69, 9.17) is 0 Å². The lowest BCUT2D eigenvalue weighted by Crippen LogP contribution is -2.30. The number of hydrogen-bond acceptors (Lipinski definition) is 1. The Labute approximate surface area is 84.6 Å². The number of allylic oxidation sites excluding steroid dienone is 2. The van der Waals surface area contributed by atoms with E-state index in [-0.39, 0.29) is 0 Å². The van der Waals surface area contributed by atoms with E-state index in [9.17, 15) is 0 Å². The Balaban J connectivity index is 3.51. The van der Waals surface area contributed by atoms with Crippen molar-refractivity contribution in [3.63, 3.8) is 0 Å². The number of hydrogen-bond donors (Lipinski definition) is 0. The molecule has 1 rings (SSSR count). The van der Waals surface area contributed by atoms with E-state index in [1.165, 1.54) is 0 Å². The first kappa shape index (κ1) is 10.5. The molecule has 0 radical (unpaired) electrons. The molecular weight excluding hydrogens is 172 g/mol. The van der Waals surface area contributed by atoms with Gasteiger partial charge in [-0.3, -0.25) is 4.68 Å². The lowest BCUT2D eigenvalue weighted by atomic mass is 10.3. The summed E-state index contributed by atoms with van der Waals surface area (Å²) in [5.74, 6) is 0. The molecule has 2 nitrogen and oxygen atoms in total. The van der Waals surface area contributed by atoms with Gasteiger partial charge in [0, 0.05) is 11.3 Å². The minimum absolute atomic E-state index is 0.355. The summed E-state index contributed by atoms with van der Waals surface area (Å²) in [4.78, 5) is 0. The highest BCUT2D eigenvalue weighted by molar-refractivity contribution is 5.39. The minimum Gasteiger partial charge on any atom is -0.262 e. The number of aromatic nitrogens is 2. The fraction of sp³-hybridized carbons (Fsp3) is 0.250. The van der Waals surface area contributed by atoms with Crippen molar-refractivity contribution in [3.05, 3.63) is 42.1 Å². The maximum Gasteiger partial charge on any atom is 0.0685 e. The van der Waals surface area contributed by atoms with E-state index in [2.05, 4.69) is 32.1 Å². The summed E-state index contributed by atoms with van der Waals surface area (Å²) < 4.78 is 1.97. The van der Waals surface area contributed by atoms with Crippen molar-refractivity contribution in [3.8, 4) is 0 Å². The Morgan fingerprint density at radius 2 is 1.93 bits per heavy atom. The SMILES string of the molecule is C=C/C=c1/cnn(C(C)C)/c1=C/C=C. The summed E-state index contributed by atoms with van der Waals surface area (Å²) in [6.45, 7) is 11.6. The monoisotopic (exact) mass is 188 g/mol. The average molecular weight is 188 g/mol. The van der Waals surface area contributed by atoms with Gasteiger partial charge in [0.2, 0.25) is 0 Å². The Morgan fingerprint density at radius 3 is 2.43 bits per heavy atom. The Morgan fingerprint density at radius 1 is 1.29 bits per heavy atom. The van der Waals surface area contributed by atoms with Gasteiger partial charge in [-0.2, -0.15) is 5.10 Å². The van der Waals surface area contributed by atoms with Gasteiger partial charge in [-0.25, -0.2) is 0 Å². The maximum absolute atomic E-state index is 4.31. The highest BCUT2D eigenvalue weighted by atomic mass is 15.3. The van der Waals surface area contributed by atoms with Crippen LogP contribution in [0.15, 0.2) is 31.5 Å². The normalized spacial score (nSPS) is 13.6. The van der Waals surface area contributed by atoms with Crippen LogP contribution in [-0.2, 0) is 0 Å². The lowest BCUT2D eigenvalue weighted by molar-refractivity contribution is 0.518. The van der Waals surface area contributed by atoms with Crippen molar-refractivity contribution < 1.29 is 0 Å². The van der Waals surface area contributed by atoms with Gasteiger partial charge in [0.25, 0.3) is 0 Å². The highest BCUT2D eigenvalue weighted by Crippen LogP contribution is 1.93. The third-order valence-electron chi connectivity index (χ3n) is 1.93. The number of nitrogens with zero attached hydrogens (tertiary/aromatic N) is 2. The van der Waals surface area contributed by atoms with Crippen LogP contribution in [0, 0.1) is 0 Å². The summed E-state index contributed by atoms with van der Waals surface area (Å²) in [5, 5.41) is 6.47. The van der Waals surface area contributed by atoms with Crippen LogP contribution in [0.2, 0.25) is 0 Å². The standard InChI is InChI=1S/C12H16N2/c1-5-7-11-9-13-14(10(3)4)12(11)8-6-2/h5-10H,1-2H2,3-4H3/b11-7-,12-8+. The zero-order valence-electron chi connectivity index (χ0n) is 8.77. The summed E-state index contributed by atoms with van der Waals surface area (Å²) in [6, 6.07) is 0.355. The van der Waals surface area contributed by atoms with E-state index in [0.29, 0.717) is 6.04 Å². The van der Waals surface area contributed by atoms with Crippen LogP contribution >= 0.6 is 0 Å². The van der Waals surface area contributed by atoms with Crippen LogP contribution in [0.25, 0.3) is 12.2 Å². The minimum atomic E-state index is 0.355.